The first kappa shape index (κ1) is 25.2. The fraction of sp³-hybridized carbons (Fsp3) is 0.440. The van der Waals surface area contributed by atoms with Crippen molar-refractivity contribution >= 4 is 40.0 Å². The molecule has 1 N–H and O–H groups in total. The molecule has 0 bridgehead atoms. The van der Waals surface area contributed by atoms with Crippen molar-refractivity contribution in [3.63, 3.8) is 0 Å². The highest BCUT2D eigenvalue weighted by Crippen LogP contribution is 2.44. The molecule has 8 nitrogen and oxygen atoms in total. The van der Waals surface area contributed by atoms with Crippen molar-refractivity contribution < 1.29 is 28.6 Å². The third-order valence-corrected chi connectivity index (χ3v) is 8.46. The molecular formula is C25H29N3O5S2. The van der Waals surface area contributed by atoms with Crippen LogP contribution in [0.5, 0.6) is 5.95 Å². The summed E-state index contributed by atoms with van der Waals surface area (Å²) in [5.74, 6) is -0.346. The van der Waals surface area contributed by atoms with Crippen LogP contribution in [0, 0.1) is 11.3 Å². The lowest BCUT2D eigenvalue weighted by atomic mass is 9.72. The number of thiophene rings is 1. The Bertz CT molecular complexity index is 1210. The summed E-state index contributed by atoms with van der Waals surface area (Å²) >= 11 is 2.67. The number of carbonyl (C=O) groups excluding carboxylic acids is 2. The Labute approximate surface area is 212 Å². The van der Waals surface area contributed by atoms with Crippen molar-refractivity contribution in [3.05, 3.63) is 46.3 Å². The molecule has 186 valence electrons. The fourth-order valence-corrected chi connectivity index (χ4v) is 6.48. The predicted molar refractivity (Wildman–Crippen MR) is 132 cm³/mol. The summed E-state index contributed by atoms with van der Waals surface area (Å²) in [5, 5.41) is 19.7. The molecule has 1 amide bonds. The van der Waals surface area contributed by atoms with Crippen LogP contribution >= 0.6 is 23.1 Å². The molecule has 1 aromatic carbocycles. The zero-order valence-electron chi connectivity index (χ0n) is 20.3. The average Bonchev–Trinajstić information content (AvgIpc) is 3.37. The SMILES string of the molecule is COC(=O)c1c(NC(=O)CCSc2c([O-])on[n+]2-c2ccccc2)sc2c1CCC(C(C)(C)C)C2. The van der Waals surface area contributed by atoms with Crippen LogP contribution in [0.25, 0.3) is 5.69 Å². The van der Waals surface area contributed by atoms with Gasteiger partial charge in [-0.1, -0.05) is 50.7 Å². The topological polar surface area (TPSA) is 108 Å². The van der Waals surface area contributed by atoms with Gasteiger partial charge in [0.1, 0.15) is 5.00 Å². The molecular weight excluding hydrogens is 486 g/mol. The number of hydrogen-bond donors (Lipinski definition) is 1. The van der Waals surface area contributed by atoms with Gasteiger partial charge in [0.25, 0.3) is 5.03 Å². The van der Waals surface area contributed by atoms with Gasteiger partial charge in [-0.2, -0.15) is 0 Å². The van der Waals surface area contributed by atoms with Crippen LogP contribution in [0.4, 0.5) is 5.00 Å². The number of fused-ring (bicyclic) bond motifs is 1. The van der Waals surface area contributed by atoms with Gasteiger partial charge < -0.3 is 19.7 Å². The van der Waals surface area contributed by atoms with Crippen molar-refractivity contribution in [2.24, 2.45) is 11.3 Å². The molecule has 4 rings (SSSR count). The monoisotopic (exact) mass is 515 g/mol. The van der Waals surface area contributed by atoms with E-state index >= 15 is 0 Å². The second kappa shape index (κ2) is 10.4. The van der Waals surface area contributed by atoms with Crippen molar-refractivity contribution in [1.29, 1.82) is 0 Å². The summed E-state index contributed by atoms with van der Waals surface area (Å²) in [4.78, 5) is 26.5. The zero-order chi connectivity index (χ0) is 25.2. The van der Waals surface area contributed by atoms with E-state index in [9.17, 15) is 14.7 Å². The first-order valence-electron chi connectivity index (χ1n) is 11.5. The number of nitrogens with zero attached hydrogens (tertiary/aromatic N) is 2. The molecule has 2 heterocycles. The van der Waals surface area contributed by atoms with Gasteiger partial charge in [-0.3, -0.25) is 4.79 Å². The number of hydrogen-bond acceptors (Lipinski definition) is 8. The van der Waals surface area contributed by atoms with E-state index in [1.807, 2.05) is 30.3 Å². The van der Waals surface area contributed by atoms with Crippen LogP contribution in [0.3, 0.4) is 0 Å². The van der Waals surface area contributed by atoms with Gasteiger partial charge in [0.05, 0.1) is 17.9 Å². The van der Waals surface area contributed by atoms with Gasteiger partial charge >= 0.3 is 5.97 Å². The maximum Gasteiger partial charge on any atom is 0.341 e. The minimum Gasteiger partial charge on any atom is -0.538 e. The Hall–Kier alpha value is -2.85. The fourth-order valence-electron chi connectivity index (χ4n) is 4.25. The van der Waals surface area contributed by atoms with Crippen LogP contribution < -0.4 is 15.1 Å². The van der Waals surface area contributed by atoms with E-state index in [-0.39, 0.29) is 17.7 Å². The lowest BCUT2D eigenvalue weighted by Gasteiger charge is -2.33. The van der Waals surface area contributed by atoms with Gasteiger partial charge in [-0.05, 0) is 40.8 Å². The van der Waals surface area contributed by atoms with Gasteiger partial charge in [0, 0.05) is 29.2 Å². The summed E-state index contributed by atoms with van der Waals surface area (Å²) in [5.41, 5.74) is 2.35. The molecule has 0 fully saturated rings. The van der Waals surface area contributed by atoms with Crippen LogP contribution in [0.2, 0.25) is 0 Å². The summed E-state index contributed by atoms with van der Waals surface area (Å²) in [6.45, 7) is 6.71. The highest BCUT2D eigenvalue weighted by molar-refractivity contribution is 7.99. The zero-order valence-corrected chi connectivity index (χ0v) is 21.9. The Kier molecular flexibility index (Phi) is 7.51. The van der Waals surface area contributed by atoms with Crippen molar-refractivity contribution in [2.75, 3.05) is 18.2 Å². The van der Waals surface area contributed by atoms with E-state index in [1.165, 1.54) is 34.9 Å². The summed E-state index contributed by atoms with van der Waals surface area (Å²) < 4.78 is 11.3. The first-order chi connectivity index (χ1) is 16.7. The number of para-hydroxylation sites is 1. The van der Waals surface area contributed by atoms with Crippen LogP contribution in [0.1, 0.15) is 54.4 Å². The summed E-state index contributed by atoms with van der Waals surface area (Å²) in [7, 11) is 1.36. The normalized spacial score (nSPS) is 15.5. The Morgan fingerprint density at radius 1 is 1.31 bits per heavy atom. The molecule has 3 aromatic rings. The lowest BCUT2D eigenvalue weighted by molar-refractivity contribution is -0.705. The molecule has 0 spiro atoms. The van der Waals surface area contributed by atoms with E-state index in [4.69, 9.17) is 9.26 Å². The van der Waals surface area contributed by atoms with E-state index in [0.717, 1.165) is 29.7 Å². The third kappa shape index (κ3) is 5.54. The smallest absolute Gasteiger partial charge is 0.341 e. The second-order valence-corrected chi connectivity index (χ2v) is 11.8. The number of carbonyl (C=O) groups is 2. The Morgan fingerprint density at radius 2 is 2.06 bits per heavy atom. The number of methoxy groups -OCH3 is 1. The predicted octanol–water partition coefficient (Wildman–Crippen LogP) is 4.14. The number of benzene rings is 1. The molecule has 1 atom stereocenters. The molecule has 1 aliphatic carbocycles. The quantitative estimate of drug-likeness (QED) is 0.286. The molecule has 2 aromatic heterocycles. The lowest BCUT2D eigenvalue weighted by Crippen LogP contribution is -2.34. The molecule has 0 saturated carbocycles. The number of amides is 1. The maximum absolute atomic E-state index is 12.8. The maximum atomic E-state index is 12.8. The van der Waals surface area contributed by atoms with Crippen LogP contribution in [0.15, 0.2) is 39.9 Å². The Morgan fingerprint density at radius 3 is 2.74 bits per heavy atom. The van der Waals surface area contributed by atoms with Gasteiger partial charge in [0.2, 0.25) is 11.6 Å². The number of nitrogens with one attached hydrogen (secondary N) is 1. The van der Waals surface area contributed by atoms with Crippen molar-refractivity contribution in [3.8, 4) is 11.6 Å². The standard InChI is InChI=1S/C25H29N3O5S2/c1-25(2,3)15-10-11-17-18(14-15)35-21(20(17)23(30)32-4)26-19(29)12-13-34-22-24(31)33-27-28(22)16-8-6-5-7-9-16/h5-9,15H,10-14H2,1-4H3,(H-,26,27,29,30,31). The summed E-state index contributed by atoms with van der Waals surface area (Å²) in [6, 6.07) is 9.18. The number of ether oxygens (including phenoxy) is 1. The minimum atomic E-state index is -0.549. The largest absolute Gasteiger partial charge is 0.538 e. The molecule has 1 unspecified atom stereocenters. The number of aromatic nitrogens is 2. The van der Waals surface area contributed by atoms with E-state index in [2.05, 4.69) is 31.4 Å². The van der Waals surface area contributed by atoms with Crippen molar-refractivity contribution in [1.82, 2.24) is 5.27 Å². The molecule has 1 aliphatic rings. The molecule has 0 aliphatic heterocycles. The Balaban J connectivity index is 1.44. The number of esters is 1. The van der Waals surface area contributed by atoms with Gasteiger partial charge in [-0.25, -0.2) is 4.79 Å². The van der Waals surface area contributed by atoms with E-state index in [0.29, 0.717) is 32.9 Å². The molecule has 0 saturated heterocycles. The molecule has 10 heteroatoms. The minimum absolute atomic E-state index is 0.151. The van der Waals surface area contributed by atoms with Crippen molar-refractivity contribution in [2.45, 2.75) is 51.5 Å². The third-order valence-electron chi connectivity index (χ3n) is 6.27. The number of anilines is 1. The average molecular weight is 516 g/mol. The van der Waals surface area contributed by atoms with Crippen LogP contribution in [-0.2, 0) is 22.4 Å². The summed E-state index contributed by atoms with van der Waals surface area (Å²) in [6.07, 6.45) is 2.83. The first-order valence-corrected chi connectivity index (χ1v) is 13.3. The highest BCUT2D eigenvalue weighted by atomic mass is 32.2. The molecule has 35 heavy (non-hydrogen) atoms. The van der Waals surface area contributed by atoms with E-state index in [1.54, 1.807) is 0 Å². The number of thioether (sulfide) groups is 1. The molecule has 0 radical (unpaired) electrons. The van der Waals surface area contributed by atoms with Gasteiger partial charge in [-0.15, -0.1) is 11.3 Å². The number of rotatable bonds is 7. The second-order valence-electron chi connectivity index (χ2n) is 9.56. The van der Waals surface area contributed by atoms with Crippen LogP contribution in [-0.4, -0.2) is 30.0 Å². The van der Waals surface area contributed by atoms with Gasteiger partial charge in [0.15, 0.2) is 5.95 Å². The highest BCUT2D eigenvalue weighted by Gasteiger charge is 2.34. The van der Waals surface area contributed by atoms with E-state index < -0.39 is 11.9 Å².